The summed E-state index contributed by atoms with van der Waals surface area (Å²) in [5.41, 5.74) is 2.41. The summed E-state index contributed by atoms with van der Waals surface area (Å²) in [4.78, 5) is 6.07. The Hall–Kier alpha value is -1.20. The number of aryl methyl sites for hydroxylation is 1. The number of thiazole rings is 1. The quantitative estimate of drug-likeness (QED) is 0.859. The summed E-state index contributed by atoms with van der Waals surface area (Å²) < 4.78 is 1.94. The summed E-state index contributed by atoms with van der Waals surface area (Å²) in [6, 6.07) is 0. The van der Waals surface area contributed by atoms with Crippen molar-refractivity contribution in [3.8, 4) is 10.6 Å². The van der Waals surface area contributed by atoms with E-state index in [0.29, 0.717) is 0 Å². The van der Waals surface area contributed by atoms with Gasteiger partial charge in [0.05, 0.1) is 11.9 Å². The van der Waals surface area contributed by atoms with Gasteiger partial charge in [0.15, 0.2) is 0 Å². The van der Waals surface area contributed by atoms with Crippen LogP contribution < -0.4 is 5.32 Å². The third kappa shape index (κ3) is 1.66. The van der Waals surface area contributed by atoms with E-state index in [-0.39, 0.29) is 0 Å². The Bertz CT molecular complexity index is 476. The lowest BCUT2D eigenvalue weighted by Crippen LogP contribution is -2.22. The van der Waals surface area contributed by atoms with Crippen LogP contribution in [-0.2, 0) is 19.5 Å². The first-order valence-corrected chi connectivity index (χ1v) is 6.40. The average Bonchev–Trinajstić information content (AvgIpc) is 2.95. The van der Waals surface area contributed by atoms with Crippen molar-refractivity contribution in [1.29, 1.82) is 0 Å². The Labute approximate surface area is 98.3 Å². The monoisotopic (exact) mass is 234 g/mol. The first-order chi connectivity index (χ1) is 7.86. The summed E-state index contributed by atoms with van der Waals surface area (Å²) in [6.07, 6.45) is 5.02. The van der Waals surface area contributed by atoms with Gasteiger partial charge in [0.1, 0.15) is 5.01 Å². The first kappa shape index (κ1) is 9.99. The van der Waals surface area contributed by atoms with Crippen LogP contribution in [0.4, 0.5) is 0 Å². The van der Waals surface area contributed by atoms with E-state index in [1.54, 1.807) is 11.3 Å². The molecule has 0 saturated carbocycles. The molecule has 0 fully saturated rings. The Morgan fingerprint density at radius 2 is 2.50 bits per heavy atom. The summed E-state index contributed by atoms with van der Waals surface area (Å²) in [5, 5.41) is 8.76. The molecule has 84 valence electrons. The van der Waals surface area contributed by atoms with E-state index in [1.807, 2.05) is 10.9 Å². The van der Waals surface area contributed by atoms with Crippen LogP contribution in [0.3, 0.4) is 0 Å². The van der Waals surface area contributed by atoms with Crippen LogP contribution in [0.2, 0.25) is 0 Å². The second kappa shape index (κ2) is 3.99. The molecule has 2 aromatic heterocycles. The van der Waals surface area contributed by atoms with Gasteiger partial charge in [-0.25, -0.2) is 4.98 Å². The number of hydrogen-bond donors (Lipinski definition) is 1. The number of rotatable bonds is 2. The van der Waals surface area contributed by atoms with Gasteiger partial charge >= 0.3 is 0 Å². The summed E-state index contributed by atoms with van der Waals surface area (Å²) in [6.45, 7) is 5.01. The SMILES string of the molecule is CCn1cc(-c2nc3c(s2)CNCC3)cn1. The van der Waals surface area contributed by atoms with Crippen LogP contribution in [-0.4, -0.2) is 21.3 Å². The maximum atomic E-state index is 4.69. The lowest BCUT2D eigenvalue weighted by atomic mass is 10.2. The van der Waals surface area contributed by atoms with E-state index < -0.39 is 0 Å². The minimum absolute atomic E-state index is 0.909. The van der Waals surface area contributed by atoms with E-state index in [1.165, 1.54) is 10.6 Å². The lowest BCUT2D eigenvalue weighted by molar-refractivity contribution is 0.644. The van der Waals surface area contributed by atoms with Crippen LogP contribution in [0, 0.1) is 0 Å². The third-order valence-electron chi connectivity index (χ3n) is 2.81. The molecule has 5 heteroatoms. The molecule has 16 heavy (non-hydrogen) atoms. The number of nitrogens with one attached hydrogen (secondary N) is 1. The largest absolute Gasteiger partial charge is 0.311 e. The van der Waals surface area contributed by atoms with E-state index in [9.17, 15) is 0 Å². The van der Waals surface area contributed by atoms with Gasteiger partial charge in [0.25, 0.3) is 0 Å². The Kier molecular flexibility index (Phi) is 2.49. The molecule has 0 unspecified atom stereocenters. The molecule has 0 saturated heterocycles. The summed E-state index contributed by atoms with van der Waals surface area (Å²) >= 11 is 1.79. The van der Waals surface area contributed by atoms with E-state index in [4.69, 9.17) is 4.98 Å². The normalized spacial score (nSPS) is 15.1. The molecule has 0 amide bonds. The zero-order valence-electron chi connectivity index (χ0n) is 9.23. The first-order valence-electron chi connectivity index (χ1n) is 5.59. The molecule has 1 N–H and O–H groups in total. The molecular formula is C11H14N4S. The van der Waals surface area contributed by atoms with Gasteiger partial charge in [0.2, 0.25) is 0 Å². The minimum atomic E-state index is 0.909. The second-order valence-electron chi connectivity index (χ2n) is 3.90. The van der Waals surface area contributed by atoms with Crippen LogP contribution in [0.1, 0.15) is 17.5 Å². The third-order valence-corrected chi connectivity index (χ3v) is 3.95. The highest BCUT2D eigenvalue weighted by Gasteiger charge is 2.16. The van der Waals surface area contributed by atoms with Crippen molar-refractivity contribution in [3.05, 3.63) is 23.0 Å². The standard InChI is InChI=1S/C11H14N4S/c1-2-15-7-8(5-13-15)11-14-9-3-4-12-6-10(9)16-11/h5,7,12H,2-4,6H2,1H3. The fourth-order valence-electron chi connectivity index (χ4n) is 1.90. The number of nitrogens with zero attached hydrogens (tertiary/aromatic N) is 3. The number of aromatic nitrogens is 3. The molecule has 3 rings (SSSR count). The highest BCUT2D eigenvalue weighted by atomic mass is 32.1. The van der Waals surface area contributed by atoms with Crippen LogP contribution in [0.25, 0.3) is 10.6 Å². The van der Waals surface area contributed by atoms with Crippen molar-refractivity contribution < 1.29 is 0 Å². The molecule has 0 atom stereocenters. The molecule has 1 aliphatic heterocycles. The highest BCUT2D eigenvalue weighted by Crippen LogP contribution is 2.29. The minimum Gasteiger partial charge on any atom is -0.311 e. The predicted molar refractivity (Wildman–Crippen MR) is 64.4 cm³/mol. The van der Waals surface area contributed by atoms with E-state index in [2.05, 4.69) is 23.5 Å². The topological polar surface area (TPSA) is 42.7 Å². The van der Waals surface area contributed by atoms with Gasteiger partial charge in [-0.15, -0.1) is 11.3 Å². The zero-order chi connectivity index (χ0) is 11.0. The Morgan fingerprint density at radius 3 is 3.25 bits per heavy atom. The van der Waals surface area contributed by atoms with Crippen molar-refractivity contribution in [3.63, 3.8) is 0 Å². The molecule has 0 radical (unpaired) electrons. The van der Waals surface area contributed by atoms with Crippen LogP contribution in [0.15, 0.2) is 12.4 Å². The molecule has 2 aromatic rings. The van der Waals surface area contributed by atoms with Gasteiger partial charge in [-0.1, -0.05) is 0 Å². The molecule has 4 nitrogen and oxygen atoms in total. The highest BCUT2D eigenvalue weighted by molar-refractivity contribution is 7.15. The molecule has 0 spiro atoms. The van der Waals surface area contributed by atoms with Gasteiger partial charge < -0.3 is 5.32 Å². The second-order valence-corrected chi connectivity index (χ2v) is 4.98. The summed E-state index contributed by atoms with van der Waals surface area (Å²) in [7, 11) is 0. The van der Waals surface area contributed by atoms with Gasteiger partial charge in [-0.05, 0) is 6.92 Å². The molecule has 0 aromatic carbocycles. The molecule has 1 aliphatic rings. The maximum absolute atomic E-state index is 4.69. The van der Waals surface area contributed by atoms with Crippen molar-refractivity contribution in [2.24, 2.45) is 0 Å². The number of fused-ring (bicyclic) bond motifs is 1. The van der Waals surface area contributed by atoms with Gasteiger partial charge in [0, 0.05) is 42.7 Å². The van der Waals surface area contributed by atoms with Crippen molar-refractivity contribution in [2.45, 2.75) is 26.4 Å². The smallest absolute Gasteiger partial charge is 0.127 e. The van der Waals surface area contributed by atoms with Crippen molar-refractivity contribution in [1.82, 2.24) is 20.1 Å². The maximum Gasteiger partial charge on any atom is 0.127 e. The molecule has 0 bridgehead atoms. The fourth-order valence-corrected chi connectivity index (χ4v) is 2.95. The number of hydrogen-bond acceptors (Lipinski definition) is 4. The summed E-state index contributed by atoms with van der Waals surface area (Å²) in [5.74, 6) is 0. The lowest BCUT2D eigenvalue weighted by Gasteiger charge is -2.09. The molecular weight excluding hydrogens is 220 g/mol. The van der Waals surface area contributed by atoms with Crippen molar-refractivity contribution in [2.75, 3.05) is 6.54 Å². The average molecular weight is 234 g/mol. The Balaban J connectivity index is 1.96. The molecule has 3 heterocycles. The van der Waals surface area contributed by atoms with Gasteiger partial charge in [-0.3, -0.25) is 4.68 Å². The molecule has 0 aliphatic carbocycles. The van der Waals surface area contributed by atoms with E-state index in [0.717, 1.165) is 36.6 Å². The zero-order valence-corrected chi connectivity index (χ0v) is 10.0. The van der Waals surface area contributed by atoms with Crippen LogP contribution in [0.5, 0.6) is 0 Å². The fraction of sp³-hybridized carbons (Fsp3) is 0.455. The Morgan fingerprint density at radius 1 is 1.56 bits per heavy atom. The van der Waals surface area contributed by atoms with Crippen molar-refractivity contribution >= 4 is 11.3 Å². The van der Waals surface area contributed by atoms with Crippen LogP contribution >= 0.6 is 11.3 Å². The van der Waals surface area contributed by atoms with E-state index >= 15 is 0 Å². The predicted octanol–water partition coefficient (Wildman–Crippen LogP) is 1.67. The van der Waals surface area contributed by atoms with Gasteiger partial charge in [-0.2, -0.15) is 5.10 Å².